The Morgan fingerprint density at radius 2 is 1.96 bits per heavy atom. The number of halogens is 2. The number of H-pyrrole nitrogens is 1. The van der Waals surface area contributed by atoms with E-state index in [2.05, 4.69) is 25.6 Å². The highest BCUT2D eigenvalue weighted by Gasteiger charge is 2.18. The molecule has 0 saturated heterocycles. The van der Waals surface area contributed by atoms with E-state index in [0.29, 0.717) is 5.56 Å². The number of rotatable bonds is 4. The Morgan fingerprint density at radius 1 is 1.24 bits per heavy atom. The molecule has 5 nitrogen and oxygen atoms in total. The van der Waals surface area contributed by atoms with Gasteiger partial charge in [-0.25, -0.2) is 12.8 Å². The fourth-order valence-electron chi connectivity index (χ4n) is 2.27. The maximum atomic E-state index is 12.9. The number of benzene rings is 2. The molecule has 0 amide bonds. The summed E-state index contributed by atoms with van der Waals surface area (Å²) in [5.41, 5.74) is 1.55. The summed E-state index contributed by atoms with van der Waals surface area (Å²) in [6.07, 6.45) is 2.92. The lowest BCUT2D eigenvalue weighted by Gasteiger charge is -2.06. The number of nitriles is 1. The van der Waals surface area contributed by atoms with Crippen LogP contribution in [-0.4, -0.2) is 13.4 Å². The SMILES string of the molecule is N#C/C(=C/c1c[nH]c2ccc(Br)cc12)S(=O)(=O)Nc1ccc(F)cc1. The van der Waals surface area contributed by atoms with Gasteiger partial charge >= 0.3 is 0 Å². The number of nitrogens with one attached hydrogen (secondary N) is 2. The summed E-state index contributed by atoms with van der Waals surface area (Å²) in [6, 6.07) is 12.0. The summed E-state index contributed by atoms with van der Waals surface area (Å²) in [6.45, 7) is 0. The van der Waals surface area contributed by atoms with Crippen LogP contribution in [0.4, 0.5) is 10.1 Å². The molecule has 0 aliphatic heterocycles. The van der Waals surface area contributed by atoms with Crippen molar-refractivity contribution in [2.24, 2.45) is 0 Å². The Labute approximate surface area is 152 Å². The van der Waals surface area contributed by atoms with Gasteiger partial charge in [0.15, 0.2) is 4.91 Å². The summed E-state index contributed by atoms with van der Waals surface area (Å²) in [7, 11) is -4.09. The van der Waals surface area contributed by atoms with Crippen molar-refractivity contribution >= 4 is 48.6 Å². The molecule has 2 aromatic carbocycles. The van der Waals surface area contributed by atoms with Crippen molar-refractivity contribution in [3.8, 4) is 6.07 Å². The molecule has 25 heavy (non-hydrogen) atoms. The lowest BCUT2D eigenvalue weighted by molar-refractivity contribution is 0.608. The molecule has 0 unspecified atom stereocenters. The number of sulfonamides is 1. The molecule has 0 bridgehead atoms. The van der Waals surface area contributed by atoms with Gasteiger partial charge < -0.3 is 4.98 Å². The molecular weight excluding hydrogens is 409 g/mol. The minimum Gasteiger partial charge on any atom is -0.361 e. The molecule has 2 N–H and O–H groups in total. The van der Waals surface area contributed by atoms with E-state index in [1.54, 1.807) is 12.3 Å². The summed E-state index contributed by atoms with van der Waals surface area (Å²) >= 11 is 3.36. The molecule has 1 heterocycles. The minimum absolute atomic E-state index is 0.171. The minimum atomic E-state index is -4.09. The van der Waals surface area contributed by atoms with Crippen LogP contribution in [0.1, 0.15) is 5.56 Å². The van der Waals surface area contributed by atoms with E-state index in [-0.39, 0.29) is 5.69 Å². The average Bonchev–Trinajstić information content (AvgIpc) is 2.96. The van der Waals surface area contributed by atoms with Crippen molar-refractivity contribution in [3.05, 3.63) is 69.4 Å². The Morgan fingerprint density at radius 3 is 2.64 bits per heavy atom. The molecule has 0 aliphatic carbocycles. The van der Waals surface area contributed by atoms with Crippen LogP contribution in [0, 0.1) is 17.1 Å². The molecule has 0 atom stereocenters. The molecule has 0 fully saturated rings. The van der Waals surface area contributed by atoms with Crippen LogP contribution in [0.25, 0.3) is 17.0 Å². The van der Waals surface area contributed by atoms with E-state index in [4.69, 9.17) is 0 Å². The van der Waals surface area contributed by atoms with Gasteiger partial charge in [0, 0.05) is 32.8 Å². The molecular formula is C17H11BrFN3O2S. The molecule has 1 aromatic heterocycles. The Balaban J connectivity index is 2.00. The highest BCUT2D eigenvalue weighted by molar-refractivity contribution is 9.10. The van der Waals surface area contributed by atoms with Crippen LogP contribution in [-0.2, 0) is 10.0 Å². The van der Waals surface area contributed by atoms with Crippen LogP contribution < -0.4 is 4.72 Å². The largest absolute Gasteiger partial charge is 0.361 e. The van der Waals surface area contributed by atoms with E-state index in [0.717, 1.165) is 27.5 Å². The summed E-state index contributed by atoms with van der Waals surface area (Å²) in [5.74, 6) is -0.483. The van der Waals surface area contributed by atoms with Crippen LogP contribution in [0.15, 0.2) is 58.0 Å². The maximum Gasteiger partial charge on any atom is 0.272 e. The van der Waals surface area contributed by atoms with Gasteiger partial charge in [-0.1, -0.05) is 15.9 Å². The second kappa shape index (κ2) is 6.70. The van der Waals surface area contributed by atoms with Gasteiger partial charge in [-0.15, -0.1) is 0 Å². The van der Waals surface area contributed by atoms with Crippen LogP contribution >= 0.6 is 15.9 Å². The van der Waals surface area contributed by atoms with Crippen molar-refractivity contribution in [1.29, 1.82) is 5.26 Å². The molecule has 0 aliphatic rings. The standard InChI is InChI=1S/C17H11BrFN3O2S/c18-12-1-6-17-16(8-12)11(10-21-17)7-15(9-20)25(23,24)22-14-4-2-13(19)3-5-14/h1-8,10,21-22H/b15-7-. The lowest BCUT2D eigenvalue weighted by Crippen LogP contribution is -2.14. The van der Waals surface area contributed by atoms with Crippen molar-refractivity contribution in [2.75, 3.05) is 4.72 Å². The number of allylic oxidation sites excluding steroid dienone is 1. The summed E-state index contributed by atoms with van der Waals surface area (Å²) < 4.78 is 40.9. The van der Waals surface area contributed by atoms with Gasteiger partial charge in [0.1, 0.15) is 11.9 Å². The first-order chi connectivity index (χ1) is 11.9. The Kier molecular flexibility index (Phi) is 4.61. The number of hydrogen-bond acceptors (Lipinski definition) is 3. The highest BCUT2D eigenvalue weighted by atomic mass is 79.9. The number of anilines is 1. The third-order valence-corrected chi connectivity index (χ3v) is 5.24. The molecule has 126 valence electrons. The fraction of sp³-hybridized carbons (Fsp3) is 0. The quantitative estimate of drug-likeness (QED) is 0.615. The zero-order valence-electron chi connectivity index (χ0n) is 12.6. The maximum absolute atomic E-state index is 12.9. The zero-order valence-corrected chi connectivity index (χ0v) is 15.0. The van der Waals surface area contributed by atoms with Gasteiger partial charge in [0.05, 0.1) is 0 Å². The highest BCUT2D eigenvalue weighted by Crippen LogP contribution is 2.25. The van der Waals surface area contributed by atoms with E-state index < -0.39 is 20.7 Å². The summed E-state index contributed by atoms with van der Waals surface area (Å²) in [5, 5.41) is 10.1. The van der Waals surface area contributed by atoms with Crippen LogP contribution in [0.5, 0.6) is 0 Å². The van der Waals surface area contributed by atoms with Crippen LogP contribution in [0.3, 0.4) is 0 Å². The second-order valence-corrected chi connectivity index (χ2v) is 7.73. The Bertz CT molecular complexity index is 1110. The predicted molar refractivity (Wildman–Crippen MR) is 98.5 cm³/mol. The smallest absolute Gasteiger partial charge is 0.272 e. The number of aromatic nitrogens is 1. The number of fused-ring (bicyclic) bond motifs is 1. The second-order valence-electron chi connectivity index (χ2n) is 5.17. The van der Waals surface area contributed by atoms with E-state index >= 15 is 0 Å². The first-order valence-corrected chi connectivity index (χ1v) is 9.33. The van der Waals surface area contributed by atoms with E-state index in [1.165, 1.54) is 18.2 Å². The first kappa shape index (κ1) is 17.2. The average molecular weight is 420 g/mol. The van der Waals surface area contributed by atoms with E-state index in [1.807, 2.05) is 18.2 Å². The Hall–Kier alpha value is -2.63. The number of aromatic amines is 1. The molecule has 3 rings (SSSR count). The van der Waals surface area contributed by atoms with Crippen LogP contribution in [0.2, 0.25) is 0 Å². The fourth-order valence-corrected chi connectivity index (χ4v) is 3.59. The molecule has 0 spiro atoms. The third kappa shape index (κ3) is 3.73. The van der Waals surface area contributed by atoms with Crippen molar-refractivity contribution in [1.82, 2.24) is 4.98 Å². The monoisotopic (exact) mass is 419 g/mol. The van der Waals surface area contributed by atoms with Crippen molar-refractivity contribution < 1.29 is 12.8 Å². The van der Waals surface area contributed by atoms with Gasteiger partial charge in [-0.05, 0) is 48.5 Å². The molecule has 8 heteroatoms. The summed E-state index contributed by atoms with van der Waals surface area (Å²) in [4.78, 5) is 2.57. The zero-order chi connectivity index (χ0) is 18.0. The number of hydrogen-bond donors (Lipinski definition) is 2. The van der Waals surface area contributed by atoms with Gasteiger partial charge in [-0.3, -0.25) is 4.72 Å². The van der Waals surface area contributed by atoms with Gasteiger partial charge in [0.25, 0.3) is 10.0 Å². The molecule has 0 radical (unpaired) electrons. The molecule has 3 aromatic rings. The third-order valence-electron chi connectivity index (χ3n) is 3.46. The van der Waals surface area contributed by atoms with Crippen molar-refractivity contribution in [3.63, 3.8) is 0 Å². The number of nitrogens with zero attached hydrogens (tertiary/aromatic N) is 1. The predicted octanol–water partition coefficient (Wildman–Crippen LogP) is 4.38. The van der Waals surface area contributed by atoms with E-state index in [9.17, 15) is 18.1 Å². The van der Waals surface area contributed by atoms with Gasteiger partial charge in [0.2, 0.25) is 0 Å². The lowest BCUT2D eigenvalue weighted by atomic mass is 10.1. The van der Waals surface area contributed by atoms with Crippen molar-refractivity contribution in [2.45, 2.75) is 0 Å². The van der Waals surface area contributed by atoms with Gasteiger partial charge in [-0.2, -0.15) is 5.26 Å². The normalized spacial score (nSPS) is 12.1. The topological polar surface area (TPSA) is 85.8 Å². The first-order valence-electron chi connectivity index (χ1n) is 7.06. The molecule has 0 saturated carbocycles.